The van der Waals surface area contributed by atoms with Crippen LogP contribution in [0, 0.1) is 0 Å². The lowest BCUT2D eigenvalue weighted by molar-refractivity contribution is -0.168. The number of hydroxylamine groups is 2. The van der Waals surface area contributed by atoms with E-state index in [0.29, 0.717) is 12.1 Å². The van der Waals surface area contributed by atoms with E-state index in [1.165, 1.54) is 43.2 Å². The molecule has 0 spiro atoms. The number of rotatable bonds is 2. The van der Waals surface area contributed by atoms with Crippen molar-refractivity contribution >= 4 is 5.57 Å². The van der Waals surface area contributed by atoms with Crippen molar-refractivity contribution in [1.29, 1.82) is 0 Å². The van der Waals surface area contributed by atoms with Gasteiger partial charge in [0.15, 0.2) is 0 Å². The maximum absolute atomic E-state index is 6.28. The van der Waals surface area contributed by atoms with Crippen LogP contribution in [0.25, 0.3) is 5.57 Å². The van der Waals surface area contributed by atoms with Gasteiger partial charge in [-0.05, 0) is 52.1 Å². The minimum atomic E-state index is 0.339. The summed E-state index contributed by atoms with van der Waals surface area (Å²) < 4.78 is 0. The number of nitrogens with zero attached hydrogens (tertiary/aromatic N) is 2. The summed E-state index contributed by atoms with van der Waals surface area (Å²) in [5, 5.41) is 2.30. The number of fused-ring (bicyclic) bond motifs is 2. The number of hydrogen-bond donors (Lipinski definition) is 0. The van der Waals surface area contributed by atoms with Crippen molar-refractivity contribution in [3.8, 4) is 0 Å². The summed E-state index contributed by atoms with van der Waals surface area (Å²) >= 11 is 0. The van der Waals surface area contributed by atoms with Crippen molar-refractivity contribution in [2.24, 2.45) is 0 Å². The van der Waals surface area contributed by atoms with E-state index in [1.54, 1.807) is 0 Å². The molecule has 3 heteroatoms. The molecule has 0 aliphatic carbocycles. The van der Waals surface area contributed by atoms with Gasteiger partial charge in [0.2, 0.25) is 0 Å². The summed E-state index contributed by atoms with van der Waals surface area (Å²) in [6, 6.07) is 13.1. The smallest absolute Gasteiger partial charge is 0.127 e. The fourth-order valence-corrected chi connectivity index (χ4v) is 4.96. The van der Waals surface area contributed by atoms with Gasteiger partial charge in [0, 0.05) is 23.7 Å². The molecule has 0 aromatic heterocycles. The van der Waals surface area contributed by atoms with E-state index >= 15 is 0 Å². The second kappa shape index (κ2) is 5.95. The normalized spacial score (nSPS) is 35.4. The molecule has 2 saturated heterocycles. The largest absolute Gasteiger partial charge is 0.410 e. The average molecular weight is 312 g/mol. The second-order valence-electron chi connectivity index (χ2n) is 7.49. The third-order valence-electron chi connectivity index (χ3n) is 6.18. The van der Waals surface area contributed by atoms with Crippen LogP contribution >= 0.6 is 0 Å². The zero-order valence-corrected chi connectivity index (χ0v) is 14.5. The predicted molar refractivity (Wildman–Crippen MR) is 93.6 cm³/mol. The van der Waals surface area contributed by atoms with Crippen LogP contribution in [-0.2, 0) is 4.84 Å². The second-order valence-corrected chi connectivity index (χ2v) is 7.49. The predicted octanol–water partition coefficient (Wildman–Crippen LogP) is 4.07. The van der Waals surface area contributed by atoms with Crippen LogP contribution in [0.1, 0.15) is 51.5 Å². The van der Waals surface area contributed by atoms with Crippen molar-refractivity contribution in [1.82, 2.24) is 9.96 Å². The molecule has 0 radical (unpaired) electrons. The molecule has 0 amide bonds. The molecule has 4 rings (SSSR count). The van der Waals surface area contributed by atoms with E-state index in [-0.39, 0.29) is 0 Å². The molecular formula is C20H28N2O. The zero-order valence-electron chi connectivity index (χ0n) is 14.5. The maximum Gasteiger partial charge on any atom is 0.127 e. The molecule has 124 valence electrons. The van der Waals surface area contributed by atoms with Crippen LogP contribution in [0.15, 0.2) is 36.1 Å². The summed E-state index contributed by atoms with van der Waals surface area (Å²) in [5.74, 6) is 1.08. The Kier molecular flexibility index (Phi) is 3.94. The summed E-state index contributed by atoms with van der Waals surface area (Å²) in [5.41, 5.74) is 2.66. The van der Waals surface area contributed by atoms with E-state index < -0.39 is 0 Å². The van der Waals surface area contributed by atoms with Crippen molar-refractivity contribution in [2.45, 2.75) is 70.1 Å². The first-order valence-corrected chi connectivity index (χ1v) is 9.09. The Labute approximate surface area is 139 Å². The summed E-state index contributed by atoms with van der Waals surface area (Å²) in [4.78, 5) is 8.90. The van der Waals surface area contributed by atoms with E-state index in [1.807, 2.05) is 0 Å². The van der Waals surface area contributed by atoms with Crippen LogP contribution in [0.5, 0.6) is 0 Å². The Morgan fingerprint density at radius 2 is 1.65 bits per heavy atom. The highest BCUT2D eigenvalue weighted by atomic mass is 16.7. The minimum absolute atomic E-state index is 0.339. The molecule has 3 aliphatic rings. The SMILES string of the molecule is CC1=C(c2ccccc2)C(C)N(C2CC3CCCC(C2)N3C)O1. The van der Waals surface area contributed by atoms with Gasteiger partial charge in [0.25, 0.3) is 0 Å². The highest BCUT2D eigenvalue weighted by Gasteiger charge is 2.43. The van der Waals surface area contributed by atoms with Gasteiger partial charge in [0.05, 0.1) is 6.04 Å². The first-order valence-electron chi connectivity index (χ1n) is 9.09. The number of allylic oxidation sites excluding steroid dienone is 1. The van der Waals surface area contributed by atoms with E-state index in [2.05, 4.69) is 61.2 Å². The van der Waals surface area contributed by atoms with Gasteiger partial charge in [-0.3, -0.25) is 0 Å². The molecule has 0 saturated carbocycles. The van der Waals surface area contributed by atoms with Crippen LogP contribution in [-0.4, -0.2) is 41.2 Å². The van der Waals surface area contributed by atoms with Gasteiger partial charge >= 0.3 is 0 Å². The summed E-state index contributed by atoms with van der Waals surface area (Å²) in [7, 11) is 2.32. The maximum atomic E-state index is 6.28. The minimum Gasteiger partial charge on any atom is -0.410 e. The standard InChI is InChI=1S/C20H28N2O/c1-14-20(16-8-5-4-6-9-16)15(2)23-22(14)19-12-17-10-7-11-18(13-19)21(17)3/h4-6,8-9,14,17-19H,7,10-13H2,1-3H3. The first-order chi connectivity index (χ1) is 11.1. The lowest BCUT2D eigenvalue weighted by Crippen LogP contribution is -2.55. The topological polar surface area (TPSA) is 15.7 Å². The van der Waals surface area contributed by atoms with Crippen LogP contribution in [0.2, 0.25) is 0 Å². The van der Waals surface area contributed by atoms with Gasteiger partial charge in [-0.15, -0.1) is 5.06 Å². The molecule has 3 atom stereocenters. The number of piperidine rings is 2. The number of benzene rings is 1. The fraction of sp³-hybridized carbons (Fsp3) is 0.600. The highest BCUT2D eigenvalue weighted by Crippen LogP contribution is 2.41. The summed E-state index contributed by atoms with van der Waals surface area (Å²) in [6.45, 7) is 4.42. The molecule has 3 heterocycles. The molecule has 3 aliphatic heterocycles. The molecule has 23 heavy (non-hydrogen) atoms. The Morgan fingerprint density at radius 1 is 1.00 bits per heavy atom. The lowest BCUT2D eigenvalue weighted by Gasteiger charge is -2.49. The molecule has 1 aromatic rings. The van der Waals surface area contributed by atoms with Gasteiger partial charge in [-0.25, -0.2) is 0 Å². The molecule has 3 nitrogen and oxygen atoms in total. The van der Waals surface area contributed by atoms with Crippen LogP contribution in [0.3, 0.4) is 0 Å². The van der Waals surface area contributed by atoms with Crippen molar-refractivity contribution in [3.63, 3.8) is 0 Å². The highest BCUT2D eigenvalue weighted by molar-refractivity contribution is 5.72. The first kappa shape index (κ1) is 15.2. The molecule has 3 unspecified atom stereocenters. The van der Waals surface area contributed by atoms with Crippen LogP contribution < -0.4 is 0 Å². The average Bonchev–Trinajstić information content (AvgIpc) is 2.83. The fourth-order valence-electron chi connectivity index (χ4n) is 4.96. The Bertz CT molecular complexity index is 583. The third-order valence-corrected chi connectivity index (χ3v) is 6.18. The van der Waals surface area contributed by atoms with Crippen molar-refractivity contribution in [3.05, 3.63) is 41.7 Å². The van der Waals surface area contributed by atoms with E-state index in [4.69, 9.17) is 4.84 Å². The Balaban J connectivity index is 1.54. The summed E-state index contributed by atoms with van der Waals surface area (Å²) in [6.07, 6.45) is 6.59. The zero-order chi connectivity index (χ0) is 16.0. The van der Waals surface area contributed by atoms with Gasteiger partial charge in [-0.1, -0.05) is 36.8 Å². The van der Waals surface area contributed by atoms with Crippen LogP contribution in [0.4, 0.5) is 0 Å². The van der Waals surface area contributed by atoms with Gasteiger partial charge < -0.3 is 9.74 Å². The lowest BCUT2D eigenvalue weighted by atomic mass is 9.81. The molecule has 2 bridgehead atoms. The monoisotopic (exact) mass is 312 g/mol. The molecule has 2 fully saturated rings. The van der Waals surface area contributed by atoms with E-state index in [9.17, 15) is 0 Å². The van der Waals surface area contributed by atoms with Gasteiger partial charge in [-0.2, -0.15) is 0 Å². The molecule has 0 N–H and O–H groups in total. The van der Waals surface area contributed by atoms with Crippen molar-refractivity contribution in [2.75, 3.05) is 7.05 Å². The van der Waals surface area contributed by atoms with Gasteiger partial charge in [0.1, 0.15) is 5.76 Å². The Morgan fingerprint density at radius 3 is 2.30 bits per heavy atom. The Hall–Kier alpha value is -1.32. The number of hydrogen-bond acceptors (Lipinski definition) is 3. The molecular weight excluding hydrogens is 284 g/mol. The molecule has 1 aromatic carbocycles. The third kappa shape index (κ3) is 2.60. The van der Waals surface area contributed by atoms with E-state index in [0.717, 1.165) is 17.8 Å². The van der Waals surface area contributed by atoms with Crippen molar-refractivity contribution < 1.29 is 4.84 Å². The quantitative estimate of drug-likeness (QED) is 0.819.